The van der Waals surface area contributed by atoms with E-state index >= 15 is 0 Å². The highest BCUT2D eigenvalue weighted by molar-refractivity contribution is 7.80. The van der Waals surface area contributed by atoms with Crippen LogP contribution in [0.3, 0.4) is 0 Å². The van der Waals surface area contributed by atoms with Gasteiger partial charge in [-0.3, -0.25) is 0 Å². The minimum absolute atomic E-state index is 0.442. The second kappa shape index (κ2) is 3.73. The second-order valence-corrected chi connectivity index (χ2v) is 2.42. The van der Waals surface area contributed by atoms with Gasteiger partial charge in [0.2, 0.25) is 0 Å². The molecule has 0 heterocycles. The van der Waals surface area contributed by atoms with E-state index in [1.165, 1.54) is 0 Å². The third kappa shape index (κ3) is 4.28. The summed E-state index contributed by atoms with van der Waals surface area (Å²) < 4.78 is 0. The van der Waals surface area contributed by atoms with E-state index in [-0.39, 0.29) is 0 Å². The maximum absolute atomic E-state index is 5.37. The number of hydrogen-bond acceptors (Lipinski definition) is 4. The summed E-state index contributed by atoms with van der Waals surface area (Å²) in [6.45, 7) is 1.72. The first-order valence-corrected chi connectivity index (χ1v) is 2.98. The van der Waals surface area contributed by atoms with Gasteiger partial charge in [-0.15, -0.1) is 0 Å². The average Bonchev–Trinajstić information content (AvgIpc) is 1.63. The lowest BCUT2D eigenvalue weighted by molar-refractivity contribution is 0.515. The fourth-order valence-electron chi connectivity index (χ4n) is 0.331. The van der Waals surface area contributed by atoms with Crippen LogP contribution in [0.1, 0.15) is 6.92 Å². The molecule has 9 heavy (non-hydrogen) atoms. The molecule has 0 rings (SSSR count). The van der Waals surface area contributed by atoms with E-state index in [9.17, 15) is 0 Å². The van der Waals surface area contributed by atoms with Crippen molar-refractivity contribution >= 4 is 17.2 Å². The predicted molar refractivity (Wildman–Crippen MR) is 41.5 cm³/mol. The lowest BCUT2D eigenvalue weighted by Crippen LogP contribution is -2.56. The van der Waals surface area contributed by atoms with Crippen molar-refractivity contribution in [2.75, 3.05) is 0 Å². The fourth-order valence-corrected chi connectivity index (χ4v) is 0.467. The molecule has 4 nitrogen and oxygen atoms in total. The van der Waals surface area contributed by atoms with Gasteiger partial charge >= 0.3 is 0 Å². The van der Waals surface area contributed by atoms with Crippen LogP contribution >= 0.6 is 12.2 Å². The van der Waals surface area contributed by atoms with Crippen LogP contribution in [-0.4, -0.2) is 17.3 Å². The topological polar surface area (TPSA) is 90.1 Å². The molecule has 0 aliphatic heterocycles. The van der Waals surface area contributed by atoms with Gasteiger partial charge in [-0.05, 0) is 6.92 Å². The van der Waals surface area contributed by atoms with E-state index in [4.69, 9.17) is 17.2 Å². The molecule has 0 aromatic rings. The van der Waals surface area contributed by atoms with E-state index < -0.39 is 12.3 Å². The highest BCUT2D eigenvalue weighted by Gasteiger charge is 2.05. The Morgan fingerprint density at radius 1 is 1.44 bits per heavy atom. The van der Waals surface area contributed by atoms with Gasteiger partial charge in [0.1, 0.15) is 6.17 Å². The Morgan fingerprint density at radius 2 is 1.89 bits per heavy atom. The van der Waals surface area contributed by atoms with Gasteiger partial charge in [0.15, 0.2) is 0 Å². The van der Waals surface area contributed by atoms with Gasteiger partial charge in [0, 0.05) is 0 Å². The van der Waals surface area contributed by atoms with Gasteiger partial charge in [-0.25, -0.2) is 0 Å². The normalized spacial score (nSPS) is 13.4. The Labute approximate surface area is 59.8 Å². The predicted octanol–water partition coefficient (Wildman–Crippen LogP) is -1.55. The van der Waals surface area contributed by atoms with Gasteiger partial charge in [0.25, 0.3) is 0 Å². The Morgan fingerprint density at radius 3 is 2.00 bits per heavy atom. The standard InChI is InChI=1S/C4H12N4S/c1-2(9)8-4(7)3(5)6/h3-4H,5-7H2,1H3,(H,8,9). The van der Waals surface area contributed by atoms with Crippen LogP contribution in [0, 0.1) is 0 Å². The van der Waals surface area contributed by atoms with Crippen LogP contribution in [0.2, 0.25) is 0 Å². The summed E-state index contributed by atoms with van der Waals surface area (Å²) in [5.41, 5.74) is 15.8. The number of rotatable bonds is 2. The van der Waals surface area contributed by atoms with Crippen molar-refractivity contribution in [3.63, 3.8) is 0 Å². The van der Waals surface area contributed by atoms with Crippen molar-refractivity contribution < 1.29 is 0 Å². The number of hydrogen-bond donors (Lipinski definition) is 4. The van der Waals surface area contributed by atoms with Crippen molar-refractivity contribution in [2.45, 2.75) is 19.3 Å². The summed E-state index contributed by atoms with van der Waals surface area (Å²) >= 11 is 4.69. The first-order valence-electron chi connectivity index (χ1n) is 2.58. The smallest absolute Gasteiger partial charge is 0.104 e. The first kappa shape index (κ1) is 8.77. The summed E-state index contributed by atoms with van der Waals surface area (Å²) in [7, 11) is 0. The maximum Gasteiger partial charge on any atom is 0.104 e. The minimum Gasteiger partial charge on any atom is -0.362 e. The van der Waals surface area contributed by atoms with Gasteiger partial charge in [-0.2, -0.15) is 0 Å². The van der Waals surface area contributed by atoms with Crippen molar-refractivity contribution in [1.29, 1.82) is 0 Å². The molecule has 7 N–H and O–H groups in total. The van der Waals surface area contributed by atoms with Crippen LogP contribution in [0.15, 0.2) is 0 Å². The highest BCUT2D eigenvalue weighted by atomic mass is 32.1. The summed E-state index contributed by atoms with van der Waals surface area (Å²) in [6, 6.07) is 0. The largest absolute Gasteiger partial charge is 0.362 e. The Hall–Kier alpha value is -0.230. The molecule has 1 unspecified atom stereocenters. The van der Waals surface area contributed by atoms with Crippen molar-refractivity contribution in [3.8, 4) is 0 Å². The third-order valence-corrected chi connectivity index (χ3v) is 0.902. The molecule has 0 aliphatic carbocycles. The van der Waals surface area contributed by atoms with E-state index in [0.29, 0.717) is 4.99 Å². The zero-order valence-electron chi connectivity index (χ0n) is 5.29. The number of nitrogens with one attached hydrogen (secondary N) is 1. The van der Waals surface area contributed by atoms with Gasteiger partial charge in [-0.1, -0.05) is 12.2 Å². The van der Waals surface area contributed by atoms with Crippen LogP contribution in [-0.2, 0) is 0 Å². The Bertz CT molecular complexity index is 103. The van der Waals surface area contributed by atoms with Gasteiger partial charge < -0.3 is 22.5 Å². The maximum atomic E-state index is 5.37. The minimum atomic E-state index is -0.567. The summed E-state index contributed by atoms with van der Waals surface area (Å²) in [5.74, 6) is 0. The molecular formula is C4H12N4S. The molecule has 0 aliphatic rings. The zero-order valence-corrected chi connectivity index (χ0v) is 6.11. The molecule has 0 aromatic heterocycles. The lowest BCUT2D eigenvalue weighted by atomic mass is 10.4. The fraction of sp³-hybridized carbons (Fsp3) is 0.750. The molecule has 0 spiro atoms. The van der Waals surface area contributed by atoms with E-state index in [1.807, 2.05) is 0 Å². The Balaban J connectivity index is 3.50. The van der Waals surface area contributed by atoms with Crippen molar-refractivity contribution in [2.24, 2.45) is 17.2 Å². The summed E-state index contributed by atoms with van der Waals surface area (Å²) in [6.07, 6.45) is -1.01. The van der Waals surface area contributed by atoms with Crippen LogP contribution in [0.25, 0.3) is 0 Å². The molecular weight excluding hydrogens is 136 g/mol. The first-order chi connectivity index (χ1) is 4.04. The SMILES string of the molecule is CC(=S)NC(N)C(N)N. The highest BCUT2D eigenvalue weighted by Crippen LogP contribution is 1.73. The summed E-state index contributed by atoms with van der Waals surface area (Å²) in [5, 5.41) is 2.70. The number of thiocarbonyl (C=S) groups is 1. The molecule has 0 bridgehead atoms. The molecule has 54 valence electrons. The number of nitrogens with two attached hydrogens (primary N) is 3. The van der Waals surface area contributed by atoms with E-state index in [2.05, 4.69) is 17.5 Å². The average molecular weight is 148 g/mol. The van der Waals surface area contributed by atoms with Gasteiger partial charge in [0.05, 0.1) is 11.2 Å². The molecule has 0 saturated heterocycles. The molecule has 5 heteroatoms. The third-order valence-electron chi connectivity index (χ3n) is 0.785. The Kier molecular flexibility index (Phi) is 3.64. The van der Waals surface area contributed by atoms with Crippen molar-refractivity contribution in [3.05, 3.63) is 0 Å². The molecule has 1 atom stereocenters. The molecule has 0 fully saturated rings. The van der Waals surface area contributed by atoms with E-state index in [0.717, 1.165) is 0 Å². The van der Waals surface area contributed by atoms with E-state index in [1.54, 1.807) is 6.92 Å². The monoisotopic (exact) mass is 148 g/mol. The molecule has 0 aromatic carbocycles. The molecule has 0 amide bonds. The van der Waals surface area contributed by atoms with Crippen LogP contribution < -0.4 is 22.5 Å². The second-order valence-electron chi connectivity index (χ2n) is 1.80. The summed E-state index contributed by atoms with van der Waals surface area (Å²) in [4.78, 5) is 0.600. The quantitative estimate of drug-likeness (QED) is 0.281. The van der Waals surface area contributed by atoms with Crippen molar-refractivity contribution in [1.82, 2.24) is 5.32 Å². The van der Waals surface area contributed by atoms with Crippen LogP contribution in [0.5, 0.6) is 0 Å². The molecule has 0 radical (unpaired) electrons. The zero-order chi connectivity index (χ0) is 7.44. The lowest BCUT2D eigenvalue weighted by Gasteiger charge is -2.16. The molecule has 0 saturated carbocycles. The van der Waals surface area contributed by atoms with Crippen LogP contribution in [0.4, 0.5) is 0 Å².